The summed E-state index contributed by atoms with van der Waals surface area (Å²) in [6.45, 7) is 2.15. The lowest BCUT2D eigenvalue weighted by atomic mass is 9.94. The molecule has 1 aliphatic carbocycles. The number of rotatable bonds is 2. The molecule has 0 saturated heterocycles. The Morgan fingerprint density at radius 2 is 2.00 bits per heavy atom. The summed E-state index contributed by atoms with van der Waals surface area (Å²) in [5, 5.41) is 3.42. The van der Waals surface area contributed by atoms with Crippen LogP contribution in [0.4, 0.5) is 5.82 Å². The molecule has 0 amide bonds. The molecule has 0 unspecified atom stereocenters. The minimum absolute atomic E-state index is 0.649. The quantitative estimate of drug-likeness (QED) is 0.824. The highest BCUT2D eigenvalue weighted by molar-refractivity contribution is 7.17. The van der Waals surface area contributed by atoms with E-state index >= 15 is 0 Å². The lowest BCUT2D eigenvalue weighted by Gasteiger charge is -2.32. The summed E-state index contributed by atoms with van der Waals surface area (Å²) in [7, 11) is 2.19. The van der Waals surface area contributed by atoms with Gasteiger partial charge >= 0.3 is 0 Å². The number of thiophene rings is 1. The summed E-state index contributed by atoms with van der Waals surface area (Å²) in [5.74, 6) is 1.12. The zero-order chi connectivity index (χ0) is 12.5. The van der Waals surface area contributed by atoms with Crippen LogP contribution in [0.25, 0.3) is 10.2 Å². The van der Waals surface area contributed by atoms with E-state index < -0.39 is 0 Å². The minimum Gasteiger partial charge on any atom is -0.356 e. The summed E-state index contributed by atoms with van der Waals surface area (Å²) in [5.41, 5.74) is 1.30. The van der Waals surface area contributed by atoms with Crippen LogP contribution >= 0.6 is 11.3 Å². The molecular formula is C14H19N3S. The fourth-order valence-corrected chi connectivity index (χ4v) is 3.79. The number of aryl methyl sites for hydroxylation is 1. The predicted octanol–water partition coefficient (Wildman–Crippen LogP) is 3.77. The van der Waals surface area contributed by atoms with E-state index in [0.29, 0.717) is 6.04 Å². The van der Waals surface area contributed by atoms with E-state index in [2.05, 4.69) is 34.2 Å². The third kappa shape index (κ3) is 1.99. The Balaban J connectivity index is 1.99. The van der Waals surface area contributed by atoms with Crippen molar-refractivity contribution in [1.29, 1.82) is 0 Å². The van der Waals surface area contributed by atoms with Crippen molar-refractivity contribution in [3.63, 3.8) is 0 Å². The molecule has 0 spiro atoms. The van der Waals surface area contributed by atoms with E-state index in [1.807, 2.05) is 0 Å². The highest BCUT2D eigenvalue weighted by Gasteiger charge is 2.21. The molecule has 1 saturated carbocycles. The van der Waals surface area contributed by atoms with Gasteiger partial charge in [0, 0.05) is 13.1 Å². The van der Waals surface area contributed by atoms with Gasteiger partial charge in [0.1, 0.15) is 17.0 Å². The van der Waals surface area contributed by atoms with Crippen LogP contribution in [0.3, 0.4) is 0 Å². The Morgan fingerprint density at radius 1 is 1.22 bits per heavy atom. The van der Waals surface area contributed by atoms with Crippen LogP contribution in [0.5, 0.6) is 0 Å². The van der Waals surface area contributed by atoms with Gasteiger partial charge in [-0.05, 0) is 30.7 Å². The van der Waals surface area contributed by atoms with Gasteiger partial charge in [0.2, 0.25) is 0 Å². The molecule has 0 N–H and O–H groups in total. The van der Waals surface area contributed by atoms with Crippen LogP contribution in [0.1, 0.15) is 37.7 Å². The normalized spacial score (nSPS) is 17.2. The van der Waals surface area contributed by atoms with Crippen LogP contribution in [-0.2, 0) is 0 Å². The Hall–Kier alpha value is -1.16. The van der Waals surface area contributed by atoms with Crippen molar-refractivity contribution >= 4 is 27.4 Å². The Kier molecular flexibility index (Phi) is 3.20. The molecule has 3 rings (SSSR count). The van der Waals surface area contributed by atoms with E-state index in [1.165, 1.54) is 43.1 Å². The average Bonchev–Trinajstić information content (AvgIpc) is 2.81. The molecule has 0 bridgehead atoms. The van der Waals surface area contributed by atoms with E-state index in [4.69, 9.17) is 0 Å². The number of anilines is 1. The smallest absolute Gasteiger partial charge is 0.141 e. The summed E-state index contributed by atoms with van der Waals surface area (Å²) >= 11 is 1.71. The molecule has 1 aliphatic rings. The third-order valence-corrected chi connectivity index (χ3v) is 4.99. The maximum absolute atomic E-state index is 4.54. The molecule has 0 radical (unpaired) electrons. The summed E-state index contributed by atoms with van der Waals surface area (Å²) in [4.78, 5) is 12.4. The Morgan fingerprint density at radius 3 is 2.78 bits per heavy atom. The van der Waals surface area contributed by atoms with E-state index in [0.717, 1.165) is 10.6 Å². The predicted molar refractivity (Wildman–Crippen MR) is 77.4 cm³/mol. The molecule has 2 aromatic rings. The maximum atomic E-state index is 4.54. The van der Waals surface area contributed by atoms with Gasteiger partial charge in [-0.15, -0.1) is 11.3 Å². The van der Waals surface area contributed by atoms with E-state index in [1.54, 1.807) is 17.7 Å². The second-order valence-corrected chi connectivity index (χ2v) is 6.06. The standard InChI is InChI=1S/C14H19N3S/c1-10-8-18-14-12(10)13(15-9-16-14)17(2)11-6-4-3-5-7-11/h8-9,11H,3-7H2,1-2H3. The van der Waals surface area contributed by atoms with Crippen LogP contribution in [0, 0.1) is 6.92 Å². The van der Waals surface area contributed by atoms with Gasteiger partial charge < -0.3 is 4.90 Å². The Labute approximate surface area is 112 Å². The number of hydrogen-bond donors (Lipinski definition) is 0. The first-order chi connectivity index (χ1) is 8.77. The average molecular weight is 261 g/mol. The molecule has 0 aliphatic heterocycles. The fraction of sp³-hybridized carbons (Fsp3) is 0.571. The van der Waals surface area contributed by atoms with Crippen molar-refractivity contribution in [2.45, 2.75) is 45.1 Å². The van der Waals surface area contributed by atoms with Crippen molar-refractivity contribution < 1.29 is 0 Å². The van der Waals surface area contributed by atoms with Crippen molar-refractivity contribution in [3.05, 3.63) is 17.3 Å². The van der Waals surface area contributed by atoms with Crippen LogP contribution < -0.4 is 4.90 Å². The molecule has 1 fully saturated rings. The zero-order valence-electron chi connectivity index (χ0n) is 11.0. The van der Waals surface area contributed by atoms with Gasteiger partial charge in [0.05, 0.1) is 5.39 Å². The summed E-state index contributed by atoms with van der Waals surface area (Å²) < 4.78 is 0. The summed E-state index contributed by atoms with van der Waals surface area (Å²) in [6.07, 6.45) is 8.39. The van der Waals surface area contributed by atoms with Gasteiger partial charge in [0.25, 0.3) is 0 Å². The molecule has 2 aromatic heterocycles. The van der Waals surface area contributed by atoms with Crippen LogP contribution in [0.15, 0.2) is 11.7 Å². The lowest BCUT2D eigenvalue weighted by molar-refractivity contribution is 0.426. The molecule has 96 valence electrons. The first-order valence-electron chi connectivity index (χ1n) is 6.69. The van der Waals surface area contributed by atoms with Crippen molar-refractivity contribution in [2.75, 3.05) is 11.9 Å². The van der Waals surface area contributed by atoms with Crippen molar-refractivity contribution in [2.24, 2.45) is 0 Å². The third-order valence-electron chi connectivity index (χ3n) is 3.99. The van der Waals surface area contributed by atoms with Gasteiger partial charge in [-0.25, -0.2) is 9.97 Å². The molecule has 18 heavy (non-hydrogen) atoms. The largest absolute Gasteiger partial charge is 0.356 e. The highest BCUT2D eigenvalue weighted by atomic mass is 32.1. The first-order valence-corrected chi connectivity index (χ1v) is 7.57. The van der Waals surface area contributed by atoms with Crippen LogP contribution in [-0.4, -0.2) is 23.1 Å². The van der Waals surface area contributed by atoms with E-state index in [9.17, 15) is 0 Å². The van der Waals surface area contributed by atoms with Gasteiger partial charge in [0.15, 0.2) is 0 Å². The van der Waals surface area contributed by atoms with E-state index in [-0.39, 0.29) is 0 Å². The second-order valence-electron chi connectivity index (χ2n) is 5.20. The molecule has 0 atom stereocenters. The van der Waals surface area contributed by atoms with Crippen molar-refractivity contribution in [1.82, 2.24) is 9.97 Å². The molecule has 0 aromatic carbocycles. The number of nitrogens with zero attached hydrogens (tertiary/aromatic N) is 3. The number of aromatic nitrogens is 2. The molecule has 4 heteroatoms. The monoisotopic (exact) mass is 261 g/mol. The highest BCUT2D eigenvalue weighted by Crippen LogP contribution is 2.33. The number of fused-ring (bicyclic) bond motifs is 1. The number of hydrogen-bond acceptors (Lipinski definition) is 4. The van der Waals surface area contributed by atoms with Gasteiger partial charge in [-0.1, -0.05) is 19.3 Å². The first kappa shape index (κ1) is 11.9. The zero-order valence-corrected chi connectivity index (χ0v) is 11.8. The maximum Gasteiger partial charge on any atom is 0.141 e. The van der Waals surface area contributed by atoms with Gasteiger partial charge in [-0.2, -0.15) is 0 Å². The van der Waals surface area contributed by atoms with Crippen LogP contribution in [0.2, 0.25) is 0 Å². The second kappa shape index (κ2) is 4.84. The lowest BCUT2D eigenvalue weighted by Crippen LogP contribution is -2.34. The topological polar surface area (TPSA) is 29.0 Å². The molecular weight excluding hydrogens is 242 g/mol. The van der Waals surface area contributed by atoms with Gasteiger partial charge in [-0.3, -0.25) is 0 Å². The van der Waals surface area contributed by atoms with Crippen molar-refractivity contribution in [3.8, 4) is 0 Å². The fourth-order valence-electron chi connectivity index (χ4n) is 2.91. The minimum atomic E-state index is 0.649. The molecule has 2 heterocycles. The SMILES string of the molecule is Cc1csc2ncnc(N(C)C3CCCCC3)c12. The Bertz CT molecular complexity index is 543. The summed E-state index contributed by atoms with van der Waals surface area (Å²) in [6, 6.07) is 0.649. The molecule has 3 nitrogen and oxygen atoms in total.